The van der Waals surface area contributed by atoms with Crippen LogP contribution >= 0.6 is 15.8 Å². The van der Waals surface area contributed by atoms with Crippen molar-refractivity contribution in [2.75, 3.05) is 0 Å². The Morgan fingerprint density at radius 2 is 0.978 bits per heavy atom. The summed E-state index contributed by atoms with van der Waals surface area (Å²) in [6, 6.07) is 47.0. The van der Waals surface area contributed by atoms with Gasteiger partial charge in [0, 0.05) is 0 Å². The van der Waals surface area contributed by atoms with Gasteiger partial charge in [0.15, 0.2) is 0 Å². The van der Waals surface area contributed by atoms with Gasteiger partial charge >= 0.3 is 0 Å². The maximum Gasteiger partial charge on any atom is -0.00939 e. The van der Waals surface area contributed by atoms with Crippen LogP contribution < -0.4 is 21.2 Å². The van der Waals surface area contributed by atoms with E-state index in [4.69, 9.17) is 0 Å². The molecule has 0 heterocycles. The van der Waals surface area contributed by atoms with Gasteiger partial charge in [0.1, 0.15) is 0 Å². The molecule has 1 fully saturated rings. The van der Waals surface area contributed by atoms with E-state index in [9.17, 15) is 0 Å². The van der Waals surface area contributed by atoms with Crippen molar-refractivity contribution in [3.63, 3.8) is 0 Å². The molecule has 45 heavy (non-hydrogen) atoms. The highest BCUT2D eigenvalue weighted by Gasteiger charge is 2.42. The molecule has 6 aromatic rings. The lowest BCUT2D eigenvalue weighted by atomic mass is 10.0. The minimum atomic E-state index is -0.600. The fourth-order valence-corrected chi connectivity index (χ4v) is 15.3. The highest BCUT2D eigenvalue weighted by atomic mass is 31.1. The second-order valence-electron chi connectivity index (χ2n) is 13.3. The van der Waals surface area contributed by atoms with Crippen LogP contribution in [0.3, 0.4) is 0 Å². The van der Waals surface area contributed by atoms with E-state index >= 15 is 0 Å². The third kappa shape index (κ3) is 6.01. The highest BCUT2D eigenvalue weighted by molar-refractivity contribution is 7.75. The van der Waals surface area contributed by atoms with E-state index in [-0.39, 0.29) is 0 Å². The molecular formula is C43H44P2. The zero-order valence-electron chi connectivity index (χ0n) is 27.3. The van der Waals surface area contributed by atoms with Crippen LogP contribution in [-0.2, 0) is 0 Å². The van der Waals surface area contributed by atoms with Crippen molar-refractivity contribution in [3.05, 3.63) is 144 Å². The van der Waals surface area contributed by atoms with Crippen molar-refractivity contribution in [1.29, 1.82) is 0 Å². The van der Waals surface area contributed by atoms with Crippen LogP contribution in [0, 0.1) is 33.6 Å². The monoisotopic (exact) mass is 622 g/mol. The number of benzene rings is 6. The molecule has 1 saturated carbocycles. The van der Waals surface area contributed by atoms with Crippen molar-refractivity contribution in [1.82, 2.24) is 0 Å². The Kier molecular flexibility index (Phi) is 8.66. The van der Waals surface area contributed by atoms with Gasteiger partial charge in [-0.1, -0.05) is 157 Å². The van der Waals surface area contributed by atoms with Crippen LogP contribution in [-0.4, -0.2) is 11.3 Å². The van der Waals surface area contributed by atoms with Gasteiger partial charge in [-0.25, -0.2) is 0 Å². The molecule has 226 valence electrons. The molecule has 7 rings (SSSR count). The average molecular weight is 623 g/mol. The molecule has 3 atom stereocenters. The second-order valence-corrected chi connectivity index (χ2v) is 18.3. The summed E-state index contributed by atoms with van der Waals surface area (Å²) in [6.45, 7) is 11.7. The molecule has 0 aromatic heterocycles. The molecule has 1 unspecified atom stereocenters. The maximum absolute atomic E-state index is 2.61. The summed E-state index contributed by atoms with van der Waals surface area (Å²) in [6.07, 6.45) is 3.93. The first-order valence-corrected chi connectivity index (χ1v) is 19.4. The molecule has 0 amide bonds. The lowest BCUT2D eigenvalue weighted by Gasteiger charge is -2.38. The van der Waals surface area contributed by atoms with Gasteiger partial charge < -0.3 is 0 Å². The molecule has 1 aliphatic rings. The van der Waals surface area contributed by atoms with Crippen molar-refractivity contribution >= 4 is 58.6 Å². The van der Waals surface area contributed by atoms with Crippen molar-refractivity contribution < 1.29 is 0 Å². The topological polar surface area (TPSA) is 0 Å². The lowest BCUT2D eigenvalue weighted by molar-refractivity contribution is 0.549. The molecule has 1 aliphatic carbocycles. The first-order chi connectivity index (χ1) is 21.9. The average Bonchev–Trinajstić information content (AvgIpc) is 3.50. The standard InChI is InChI=1S/C43H44P2/c1-29-23-30(2)26-36(25-29)44(37-27-31(3)24-32(4)28-37)33(5)38-19-12-22-41(38)45(42-20-10-15-34-13-6-8-17-39(34)42)43-21-11-16-35-14-7-9-18-40(35)43/h6-11,13-18,20-21,23-28,33,38,41H,12,19,22H2,1-5H3/t33-,38+,41?/m0/s1. The smallest absolute Gasteiger partial charge is 0.00939 e. The summed E-state index contributed by atoms with van der Waals surface area (Å²) in [7, 11) is -1.14. The van der Waals surface area contributed by atoms with Gasteiger partial charge in [0.05, 0.1) is 0 Å². The highest BCUT2D eigenvalue weighted by Crippen LogP contribution is 2.57. The van der Waals surface area contributed by atoms with E-state index < -0.39 is 15.8 Å². The van der Waals surface area contributed by atoms with Crippen molar-refractivity contribution in [2.45, 2.75) is 65.2 Å². The minimum absolute atomic E-state index is 0.536. The Hall–Kier alpha value is -3.30. The van der Waals surface area contributed by atoms with Crippen LogP contribution in [0.1, 0.15) is 48.4 Å². The normalized spacial score (nSPS) is 17.5. The van der Waals surface area contributed by atoms with Crippen LogP contribution in [0.4, 0.5) is 0 Å². The quantitative estimate of drug-likeness (QED) is 0.155. The van der Waals surface area contributed by atoms with Crippen LogP contribution in [0.5, 0.6) is 0 Å². The van der Waals surface area contributed by atoms with E-state index in [2.05, 4.69) is 156 Å². The van der Waals surface area contributed by atoms with Gasteiger partial charge in [-0.2, -0.15) is 0 Å². The van der Waals surface area contributed by atoms with E-state index in [1.54, 1.807) is 21.2 Å². The molecule has 0 bridgehead atoms. The summed E-state index contributed by atoms with van der Waals surface area (Å²) in [5, 5.41) is 11.8. The van der Waals surface area contributed by atoms with E-state index in [0.29, 0.717) is 17.2 Å². The third-order valence-corrected chi connectivity index (χ3v) is 15.9. The van der Waals surface area contributed by atoms with Crippen molar-refractivity contribution in [2.24, 2.45) is 5.92 Å². The van der Waals surface area contributed by atoms with Crippen molar-refractivity contribution in [3.8, 4) is 0 Å². The first-order valence-electron chi connectivity index (χ1n) is 16.6. The molecule has 0 radical (unpaired) electrons. The first kappa shape index (κ1) is 30.4. The Bertz CT molecular complexity index is 1810. The molecule has 2 heteroatoms. The van der Waals surface area contributed by atoms with Gasteiger partial charge in [0.2, 0.25) is 0 Å². The zero-order valence-corrected chi connectivity index (χ0v) is 29.1. The SMILES string of the molecule is Cc1cc(C)cc(P(c2cc(C)cc(C)c2)[C@@H](C)[C@H]2CCCC2P(c2cccc3ccccc23)c2cccc3ccccc23)c1. The Morgan fingerprint density at radius 3 is 1.47 bits per heavy atom. The molecular weight excluding hydrogens is 578 g/mol. The largest absolute Gasteiger partial charge is 0.0616 e. The van der Waals surface area contributed by atoms with Crippen LogP contribution in [0.25, 0.3) is 21.5 Å². The Morgan fingerprint density at radius 1 is 0.533 bits per heavy atom. The molecule has 0 spiro atoms. The van der Waals surface area contributed by atoms with Gasteiger partial charge in [0.25, 0.3) is 0 Å². The van der Waals surface area contributed by atoms with Gasteiger partial charge in [-0.15, -0.1) is 0 Å². The Labute approximate surface area is 272 Å². The molecule has 6 aromatic carbocycles. The number of hydrogen-bond donors (Lipinski definition) is 0. The minimum Gasteiger partial charge on any atom is -0.0616 e. The van der Waals surface area contributed by atoms with Crippen LogP contribution in [0.15, 0.2) is 121 Å². The van der Waals surface area contributed by atoms with E-state index in [1.165, 1.54) is 63.1 Å². The van der Waals surface area contributed by atoms with Gasteiger partial charge in [-0.05, 0) is 116 Å². The summed E-state index contributed by atoms with van der Waals surface area (Å²) >= 11 is 0. The number of hydrogen-bond acceptors (Lipinski definition) is 0. The Balaban J connectivity index is 1.41. The summed E-state index contributed by atoms with van der Waals surface area (Å²) in [4.78, 5) is 0. The predicted octanol–water partition coefficient (Wildman–Crippen LogP) is 10.3. The summed E-state index contributed by atoms with van der Waals surface area (Å²) in [5.41, 5.74) is 6.73. The summed E-state index contributed by atoms with van der Waals surface area (Å²) in [5.74, 6) is 0.654. The number of rotatable bonds is 7. The van der Waals surface area contributed by atoms with Gasteiger partial charge in [-0.3, -0.25) is 0 Å². The predicted molar refractivity (Wildman–Crippen MR) is 203 cm³/mol. The number of aryl methyl sites for hydroxylation is 4. The fourth-order valence-electron chi connectivity index (χ4n) is 8.17. The molecule has 0 nitrogen and oxygen atoms in total. The molecule has 0 saturated heterocycles. The second kappa shape index (κ2) is 12.8. The maximum atomic E-state index is 2.61. The lowest BCUT2D eigenvalue weighted by Crippen LogP contribution is -2.33. The van der Waals surface area contributed by atoms with E-state index in [0.717, 1.165) is 0 Å². The molecule has 0 N–H and O–H groups in total. The molecule has 0 aliphatic heterocycles. The zero-order chi connectivity index (χ0) is 31.1. The van der Waals surface area contributed by atoms with Crippen LogP contribution in [0.2, 0.25) is 0 Å². The fraction of sp³-hybridized carbons (Fsp3) is 0.256. The summed E-state index contributed by atoms with van der Waals surface area (Å²) < 4.78 is 0. The number of fused-ring (bicyclic) bond motifs is 2. The third-order valence-electron chi connectivity index (χ3n) is 9.91. The van der Waals surface area contributed by atoms with E-state index in [1.807, 2.05) is 0 Å².